The number of nitrogens with one attached hydrogen (secondary N) is 1. The van der Waals surface area contributed by atoms with Crippen molar-refractivity contribution in [2.45, 2.75) is 13.2 Å². The fourth-order valence-electron chi connectivity index (χ4n) is 2.94. The molecule has 2 aromatic heterocycles. The molecular weight excluding hydrogens is 565 g/mol. The topological polar surface area (TPSA) is 69.3 Å². The number of furan rings is 1. The van der Waals surface area contributed by atoms with Gasteiger partial charge in [-0.15, -0.1) is 0 Å². The summed E-state index contributed by atoms with van der Waals surface area (Å²) in [5, 5.41) is 7.40. The number of amides is 1. The fourth-order valence-corrected chi connectivity index (χ4v) is 3.48. The lowest BCUT2D eigenvalue weighted by Gasteiger charge is -2.09. The summed E-state index contributed by atoms with van der Waals surface area (Å²) in [7, 11) is 0. The monoisotopic (exact) mass is 575 g/mol. The SMILES string of the molecule is O=C(Nc1nn(Cc2ccc(Cl)cc2)cc1Br)c1ccc(COc2c(F)c(F)c(F)c(F)c2F)o1. The van der Waals surface area contributed by atoms with Crippen LogP contribution in [-0.2, 0) is 13.2 Å². The van der Waals surface area contributed by atoms with Gasteiger partial charge in [0.2, 0.25) is 29.1 Å². The Bertz CT molecular complexity index is 1380. The van der Waals surface area contributed by atoms with Crippen LogP contribution in [0.15, 0.2) is 51.5 Å². The Morgan fingerprint density at radius 2 is 1.63 bits per heavy atom. The van der Waals surface area contributed by atoms with Crippen molar-refractivity contribution in [3.63, 3.8) is 0 Å². The zero-order valence-electron chi connectivity index (χ0n) is 17.2. The lowest BCUT2D eigenvalue weighted by molar-refractivity contribution is 0.0991. The molecule has 6 nitrogen and oxygen atoms in total. The van der Waals surface area contributed by atoms with Gasteiger partial charge in [0.25, 0.3) is 5.91 Å². The van der Waals surface area contributed by atoms with E-state index in [1.165, 1.54) is 12.1 Å². The van der Waals surface area contributed by atoms with Crippen LogP contribution in [0.5, 0.6) is 5.75 Å². The third kappa shape index (κ3) is 5.33. The molecule has 1 amide bonds. The van der Waals surface area contributed by atoms with Crippen LogP contribution in [0.3, 0.4) is 0 Å². The Labute approximate surface area is 207 Å². The minimum Gasteiger partial charge on any atom is -0.479 e. The standard InChI is InChI=1S/C22H12BrClF5N3O3/c23-13-8-32(7-10-1-3-11(24)4-2-10)31-21(13)30-22(33)14-6-5-12(35-14)9-34-20-18(28)16(26)15(25)17(27)19(20)29/h1-6,8H,7,9H2,(H,30,31,33). The molecule has 0 spiro atoms. The van der Waals surface area contributed by atoms with E-state index in [-0.39, 0.29) is 17.3 Å². The van der Waals surface area contributed by atoms with Gasteiger partial charge in [-0.2, -0.15) is 13.9 Å². The van der Waals surface area contributed by atoms with Crippen LogP contribution in [0.25, 0.3) is 0 Å². The summed E-state index contributed by atoms with van der Waals surface area (Å²) in [4.78, 5) is 12.5. The first-order valence-corrected chi connectivity index (χ1v) is 10.8. The van der Waals surface area contributed by atoms with Crippen LogP contribution in [0, 0.1) is 29.1 Å². The molecule has 0 aliphatic rings. The van der Waals surface area contributed by atoms with Crippen LogP contribution < -0.4 is 10.1 Å². The van der Waals surface area contributed by atoms with Gasteiger partial charge in [-0.25, -0.2) is 13.2 Å². The number of nitrogens with zero attached hydrogens (tertiary/aromatic N) is 2. The molecule has 35 heavy (non-hydrogen) atoms. The Kier molecular flexibility index (Phi) is 7.13. The van der Waals surface area contributed by atoms with E-state index in [0.29, 0.717) is 16.0 Å². The minimum absolute atomic E-state index is 0.105. The fraction of sp³-hybridized carbons (Fsp3) is 0.0909. The van der Waals surface area contributed by atoms with Gasteiger partial charge in [-0.05, 0) is 45.8 Å². The lowest BCUT2D eigenvalue weighted by atomic mass is 10.2. The van der Waals surface area contributed by atoms with E-state index < -0.39 is 47.3 Å². The van der Waals surface area contributed by atoms with Crippen LogP contribution in [-0.4, -0.2) is 15.7 Å². The van der Waals surface area contributed by atoms with Gasteiger partial charge in [0, 0.05) is 11.2 Å². The van der Waals surface area contributed by atoms with E-state index >= 15 is 0 Å². The van der Waals surface area contributed by atoms with E-state index in [1.807, 2.05) is 12.1 Å². The third-order valence-corrected chi connectivity index (χ3v) is 5.45. The van der Waals surface area contributed by atoms with E-state index in [2.05, 4.69) is 26.3 Å². The van der Waals surface area contributed by atoms with Gasteiger partial charge in [0.1, 0.15) is 12.4 Å². The third-order valence-electron chi connectivity index (χ3n) is 4.62. The Balaban J connectivity index is 1.41. The number of hydrogen-bond donors (Lipinski definition) is 1. The van der Waals surface area contributed by atoms with E-state index in [0.717, 1.165) is 5.56 Å². The Morgan fingerprint density at radius 3 is 2.29 bits per heavy atom. The molecule has 1 N–H and O–H groups in total. The van der Waals surface area contributed by atoms with Crippen LogP contribution in [0.4, 0.5) is 27.8 Å². The van der Waals surface area contributed by atoms with Crippen LogP contribution in [0.1, 0.15) is 21.9 Å². The van der Waals surface area contributed by atoms with Crippen molar-refractivity contribution < 1.29 is 35.9 Å². The zero-order valence-corrected chi connectivity index (χ0v) is 19.6. The van der Waals surface area contributed by atoms with Gasteiger partial charge in [0.15, 0.2) is 17.3 Å². The number of carbonyl (C=O) groups is 1. The molecule has 182 valence electrons. The maximum Gasteiger partial charge on any atom is 0.292 e. The molecule has 0 radical (unpaired) electrons. The number of ether oxygens (including phenoxy) is 1. The molecule has 0 bridgehead atoms. The summed E-state index contributed by atoms with van der Waals surface area (Å²) >= 11 is 9.17. The maximum atomic E-state index is 13.7. The first-order chi connectivity index (χ1) is 16.6. The molecule has 2 aromatic carbocycles. The lowest BCUT2D eigenvalue weighted by Crippen LogP contribution is -2.12. The summed E-state index contributed by atoms with van der Waals surface area (Å²) in [6, 6.07) is 9.62. The molecule has 0 saturated heterocycles. The van der Waals surface area contributed by atoms with Crippen molar-refractivity contribution in [1.29, 1.82) is 0 Å². The summed E-state index contributed by atoms with van der Waals surface area (Å²) in [6.45, 7) is -0.295. The number of carbonyl (C=O) groups excluding carboxylic acids is 1. The summed E-state index contributed by atoms with van der Waals surface area (Å²) in [5.74, 6) is -13.1. The first-order valence-electron chi connectivity index (χ1n) is 9.65. The molecule has 0 atom stereocenters. The van der Waals surface area contributed by atoms with E-state index in [1.54, 1.807) is 23.0 Å². The Morgan fingerprint density at radius 1 is 1.00 bits per heavy atom. The molecular formula is C22H12BrClF5N3O3. The zero-order chi connectivity index (χ0) is 25.3. The molecule has 2 heterocycles. The van der Waals surface area contributed by atoms with Crippen molar-refractivity contribution in [3.8, 4) is 5.75 Å². The van der Waals surface area contributed by atoms with E-state index in [9.17, 15) is 26.7 Å². The Hall–Kier alpha value is -3.38. The minimum atomic E-state index is -2.30. The predicted molar refractivity (Wildman–Crippen MR) is 118 cm³/mol. The average molecular weight is 577 g/mol. The average Bonchev–Trinajstić information content (AvgIpc) is 3.44. The van der Waals surface area contributed by atoms with Crippen molar-refractivity contribution >= 4 is 39.3 Å². The maximum absolute atomic E-state index is 13.7. The number of rotatable bonds is 7. The first kappa shape index (κ1) is 24.7. The summed E-state index contributed by atoms with van der Waals surface area (Å²) in [5.41, 5.74) is 0.923. The second-order valence-electron chi connectivity index (χ2n) is 7.06. The molecule has 0 aliphatic heterocycles. The highest BCUT2D eigenvalue weighted by Gasteiger charge is 2.27. The second kappa shape index (κ2) is 10.1. The molecule has 13 heteroatoms. The number of benzene rings is 2. The van der Waals surface area contributed by atoms with Crippen LogP contribution in [0.2, 0.25) is 5.02 Å². The molecule has 4 aromatic rings. The summed E-state index contributed by atoms with van der Waals surface area (Å²) < 4.78 is 79.2. The number of aromatic nitrogens is 2. The van der Waals surface area contributed by atoms with Gasteiger partial charge in [-0.3, -0.25) is 9.48 Å². The van der Waals surface area contributed by atoms with Gasteiger partial charge < -0.3 is 14.5 Å². The number of anilines is 1. The largest absolute Gasteiger partial charge is 0.479 e. The normalized spacial score (nSPS) is 11.1. The molecule has 0 saturated carbocycles. The highest BCUT2D eigenvalue weighted by atomic mass is 79.9. The van der Waals surface area contributed by atoms with Crippen molar-refractivity contribution in [2.24, 2.45) is 0 Å². The van der Waals surface area contributed by atoms with Gasteiger partial charge in [-0.1, -0.05) is 23.7 Å². The smallest absolute Gasteiger partial charge is 0.292 e. The number of hydrogen-bond acceptors (Lipinski definition) is 4. The highest BCUT2D eigenvalue weighted by Crippen LogP contribution is 2.30. The van der Waals surface area contributed by atoms with E-state index in [4.69, 9.17) is 20.8 Å². The highest BCUT2D eigenvalue weighted by molar-refractivity contribution is 9.10. The van der Waals surface area contributed by atoms with Gasteiger partial charge in [0.05, 0.1) is 11.0 Å². The van der Waals surface area contributed by atoms with Crippen molar-refractivity contribution in [1.82, 2.24) is 9.78 Å². The van der Waals surface area contributed by atoms with Gasteiger partial charge >= 0.3 is 0 Å². The van der Waals surface area contributed by atoms with Crippen molar-refractivity contribution in [3.05, 3.63) is 98.3 Å². The van der Waals surface area contributed by atoms with Crippen LogP contribution >= 0.6 is 27.5 Å². The predicted octanol–water partition coefficient (Wildman–Crippen LogP) is 6.47. The molecule has 0 unspecified atom stereocenters. The molecule has 0 aliphatic carbocycles. The number of halogens is 7. The quantitative estimate of drug-likeness (QED) is 0.156. The molecule has 4 rings (SSSR count). The second-order valence-corrected chi connectivity index (χ2v) is 8.35. The van der Waals surface area contributed by atoms with Crippen molar-refractivity contribution in [2.75, 3.05) is 5.32 Å². The molecule has 0 fully saturated rings. The summed E-state index contributed by atoms with van der Waals surface area (Å²) in [6.07, 6.45) is 1.65.